The number of nitrogens with zero attached hydrogens (tertiary/aromatic N) is 3. The molecule has 0 spiro atoms. The summed E-state index contributed by atoms with van der Waals surface area (Å²) >= 11 is 0. The third-order valence-corrected chi connectivity index (χ3v) is 7.18. The number of hydrogen-bond acceptors (Lipinski definition) is 5. The smallest absolute Gasteiger partial charge is 0.233 e. The summed E-state index contributed by atoms with van der Waals surface area (Å²) in [6.45, 7) is 3.03. The molecule has 3 fully saturated rings. The van der Waals surface area contributed by atoms with Gasteiger partial charge in [0, 0.05) is 44.8 Å². The van der Waals surface area contributed by atoms with Gasteiger partial charge in [-0.2, -0.15) is 0 Å². The van der Waals surface area contributed by atoms with Gasteiger partial charge < -0.3 is 14.5 Å². The fourth-order valence-corrected chi connectivity index (χ4v) is 5.56. The fourth-order valence-electron chi connectivity index (χ4n) is 5.56. The first-order chi connectivity index (χ1) is 14.6. The van der Waals surface area contributed by atoms with Gasteiger partial charge in [0.1, 0.15) is 5.75 Å². The Balaban J connectivity index is 1.13. The van der Waals surface area contributed by atoms with E-state index in [2.05, 4.69) is 17.1 Å². The Morgan fingerprint density at radius 1 is 0.967 bits per heavy atom. The van der Waals surface area contributed by atoms with Crippen LogP contribution in [0.2, 0.25) is 0 Å². The number of likely N-dealkylation sites (tertiary alicyclic amines) is 1. The highest BCUT2D eigenvalue weighted by Crippen LogP contribution is 2.52. The second-order valence-corrected chi connectivity index (χ2v) is 8.64. The van der Waals surface area contributed by atoms with Crippen LogP contribution in [0, 0.1) is 23.7 Å². The topological polar surface area (TPSA) is 70.2 Å². The van der Waals surface area contributed by atoms with Crippen molar-refractivity contribution in [1.82, 2.24) is 9.80 Å². The van der Waals surface area contributed by atoms with Gasteiger partial charge in [-0.25, -0.2) is 0 Å². The predicted molar refractivity (Wildman–Crippen MR) is 111 cm³/mol. The van der Waals surface area contributed by atoms with Crippen molar-refractivity contribution in [2.75, 3.05) is 44.7 Å². The average Bonchev–Trinajstić information content (AvgIpc) is 3.46. The number of allylic oxidation sites excluding steroid dienone is 2. The number of anilines is 1. The zero-order valence-electron chi connectivity index (χ0n) is 17.2. The minimum Gasteiger partial charge on any atom is -0.497 e. The SMILES string of the molecule is COc1ccc(N2CCN(C(=O)CCN3C(=O)[C@@H]4[C@H](C3=O)[C@H]3C=C[C@H]4C3)CC2)cc1. The van der Waals surface area contributed by atoms with Gasteiger partial charge in [0.2, 0.25) is 17.7 Å². The van der Waals surface area contributed by atoms with Crippen LogP contribution in [0.5, 0.6) is 5.75 Å². The minimum absolute atomic E-state index is 0.0168. The van der Waals surface area contributed by atoms with Crippen molar-refractivity contribution >= 4 is 23.4 Å². The number of piperazine rings is 1. The van der Waals surface area contributed by atoms with Gasteiger partial charge >= 0.3 is 0 Å². The van der Waals surface area contributed by atoms with Gasteiger partial charge in [0.15, 0.2) is 0 Å². The van der Waals surface area contributed by atoms with Crippen LogP contribution in [-0.2, 0) is 14.4 Å². The molecule has 0 aromatic heterocycles. The van der Waals surface area contributed by atoms with Crippen molar-refractivity contribution in [2.45, 2.75) is 12.8 Å². The number of imide groups is 1. The molecule has 30 heavy (non-hydrogen) atoms. The fraction of sp³-hybridized carbons (Fsp3) is 0.522. The molecule has 4 atom stereocenters. The summed E-state index contributed by atoms with van der Waals surface area (Å²) in [5.74, 6) is 0.755. The minimum atomic E-state index is -0.185. The van der Waals surface area contributed by atoms with Crippen LogP contribution in [0.1, 0.15) is 12.8 Å². The molecule has 2 saturated heterocycles. The zero-order valence-corrected chi connectivity index (χ0v) is 17.2. The third-order valence-electron chi connectivity index (χ3n) is 7.18. The highest BCUT2D eigenvalue weighted by atomic mass is 16.5. The Morgan fingerprint density at radius 2 is 1.57 bits per heavy atom. The van der Waals surface area contributed by atoms with Crippen LogP contribution < -0.4 is 9.64 Å². The molecule has 158 valence electrons. The molecule has 0 unspecified atom stereocenters. The van der Waals surface area contributed by atoms with E-state index in [-0.39, 0.29) is 54.4 Å². The van der Waals surface area contributed by atoms with Crippen molar-refractivity contribution in [3.05, 3.63) is 36.4 Å². The van der Waals surface area contributed by atoms with Gasteiger partial charge in [-0.15, -0.1) is 0 Å². The molecule has 0 radical (unpaired) electrons. The predicted octanol–water partition coefficient (Wildman–Crippen LogP) is 1.54. The average molecular weight is 409 g/mol. The van der Waals surface area contributed by atoms with E-state index in [0.29, 0.717) is 13.1 Å². The van der Waals surface area contributed by atoms with Crippen molar-refractivity contribution in [3.63, 3.8) is 0 Å². The molecular formula is C23H27N3O4. The largest absolute Gasteiger partial charge is 0.497 e. The number of hydrogen-bond donors (Lipinski definition) is 0. The zero-order chi connectivity index (χ0) is 20.8. The molecule has 2 aliphatic heterocycles. The number of carbonyl (C=O) groups is 3. The van der Waals surface area contributed by atoms with Gasteiger partial charge in [0.05, 0.1) is 18.9 Å². The third kappa shape index (κ3) is 3.07. The van der Waals surface area contributed by atoms with E-state index in [9.17, 15) is 14.4 Å². The molecular weight excluding hydrogens is 382 g/mol. The lowest BCUT2D eigenvalue weighted by Crippen LogP contribution is -2.49. The first-order valence-electron chi connectivity index (χ1n) is 10.8. The van der Waals surface area contributed by atoms with E-state index in [4.69, 9.17) is 4.74 Å². The molecule has 0 N–H and O–H groups in total. The summed E-state index contributed by atoms with van der Waals surface area (Å²) in [5.41, 5.74) is 1.12. The van der Waals surface area contributed by atoms with Crippen molar-refractivity contribution in [3.8, 4) is 5.75 Å². The number of carbonyl (C=O) groups excluding carboxylic acids is 3. The van der Waals surface area contributed by atoms with E-state index in [0.717, 1.165) is 30.9 Å². The first kappa shape index (κ1) is 19.2. The highest BCUT2D eigenvalue weighted by molar-refractivity contribution is 6.06. The number of rotatable bonds is 5. The summed E-state index contributed by atoms with van der Waals surface area (Å²) in [6.07, 6.45) is 5.32. The Bertz CT molecular complexity index is 858. The monoisotopic (exact) mass is 409 g/mol. The lowest BCUT2D eigenvalue weighted by Gasteiger charge is -2.36. The van der Waals surface area contributed by atoms with Crippen molar-refractivity contribution < 1.29 is 19.1 Å². The van der Waals surface area contributed by atoms with Crippen LogP contribution in [-0.4, -0.2) is 67.4 Å². The molecule has 2 bridgehead atoms. The summed E-state index contributed by atoms with van der Waals surface area (Å²) < 4.78 is 5.20. The van der Waals surface area contributed by atoms with Crippen LogP contribution in [0.15, 0.2) is 36.4 Å². The normalized spacial score (nSPS) is 29.7. The van der Waals surface area contributed by atoms with Gasteiger partial charge in [-0.3, -0.25) is 19.3 Å². The highest BCUT2D eigenvalue weighted by Gasteiger charge is 2.59. The quantitative estimate of drug-likeness (QED) is 0.545. The van der Waals surface area contributed by atoms with E-state index in [1.165, 1.54) is 4.90 Å². The Hall–Kier alpha value is -2.83. The molecule has 2 heterocycles. The van der Waals surface area contributed by atoms with Gasteiger partial charge in [-0.05, 0) is 42.5 Å². The molecule has 3 amide bonds. The van der Waals surface area contributed by atoms with Crippen LogP contribution in [0.25, 0.3) is 0 Å². The molecule has 4 aliphatic rings. The van der Waals surface area contributed by atoms with E-state index < -0.39 is 0 Å². The molecule has 5 rings (SSSR count). The van der Waals surface area contributed by atoms with Gasteiger partial charge in [-0.1, -0.05) is 12.2 Å². The van der Waals surface area contributed by atoms with E-state index in [1.807, 2.05) is 29.2 Å². The maximum atomic E-state index is 12.8. The Morgan fingerprint density at radius 3 is 2.13 bits per heavy atom. The maximum absolute atomic E-state index is 12.8. The van der Waals surface area contributed by atoms with Gasteiger partial charge in [0.25, 0.3) is 0 Å². The second-order valence-electron chi connectivity index (χ2n) is 8.64. The van der Waals surface area contributed by atoms with Crippen LogP contribution in [0.3, 0.4) is 0 Å². The van der Waals surface area contributed by atoms with Crippen molar-refractivity contribution in [1.29, 1.82) is 0 Å². The molecule has 7 heteroatoms. The van der Waals surface area contributed by atoms with Crippen LogP contribution in [0.4, 0.5) is 5.69 Å². The van der Waals surface area contributed by atoms with Crippen LogP contribution >= 0.6 is 0 Å². The molecule has 1 aromatic rings. The van der Waals surface area contributed by atoms with Crippen molar-refractivity contribution in [2.24, 2.45) is 23.7 Å². The molecule has 1 saturated carbocycles. The summed E-state index contributed by atoms with van der Waals surface area (Å²) in [4.78, 5) is 43.7. The van der Waals surface area contributed by atoms with E-state index >= 15 is 0 Å². The maximum Gasteiger partial charge on any atom is 0.233 e. The standard InChI is InChI=1S/C23H27N3O4/c1-30-18-6-4-17(5-7-18)24-10-12-25(13-11-24)19(27)8-9-26-22(28)20-15-2-3-16(14-15)21(20)23(26)29/h2-7,15-16,20-21H,8-14H2,1H3/t15-,16-,20-,21+/m0/s1. The number of benzene rings is 1. The lowest BCUT2D eigenvalue weighted by molar-refractivity contribution is -0.141. The number of ether oxygens (including phenoxy) is 1. The number of amides is 3. The lowest BCUT2D eigenvalue weighted by atomic mass is 9.85. The Labute approximate surface area is 176 Å². The summed E-state index contributed by atoms with van der Waals surface area (Å²) in [7, 11) is 1.65. The molecule has 7 nitrogen and oxygen atoms in total. The summed E-state index contributed by atoms with van der Waals surface area (Å²) in [6, 6.07) is 7.93. The molecule has 1 aromatic carbocycles. The Kier molecular flexibility index (Phi) is 4.76. The van der Waals surface area contributed by atoms with E-state index in [1.54, 1.807) is 7.11 Å². The summed E-state index contributed by atoms with van der Waals surface area (Å²) in [5, 5.41) is 0. The first-order valence-corrected chi connectivity index (χ1v) is 10.8. The number of fused-ring (bicyclic) bond motifs is 5. The number of methoxy groups -OCH3 is 1. The molecule has 2 aliphatic carbocycles. The second kappa shape index (κ2) is 7.45.